The van der Waals surface area contributed by atoms with Crippen molar-refractivity contribution in [1.29, 1.82) is 0 Å². The first-order valence-electron chi connectivity index (χ1n) is 6.98. The molecule has 0 aliphatic carbocycles. The lowest BCUT2D eigenvalue weighted by Crippen LogP contribution is -2.32. The van der Waals surface area contributed by atoms with Crippen molar-refractivity contribution in [2.24, 2.45) is 0 Å². The fourth-order valence-corrected chi connectivity index (χ4v) is 2.40. The molecule has 1 heterocycles. The Morgan fingerprint density at radius 2 is 2.33 bits per heavy atom. The van der Waals surface area contributed by atoms with Gasteiger partial charge in [0.1, 0.15) is 5.75 Å². The highest BCUT2D eigenvalue weighted by atomic mass is 16.5. The molecule has 7 heteroatoms. The van der Waals surface area contributed by atoms with E-state index in [1.54, 1.807) is 21.3 Å². The van der Waals surface area contributed by atoms with Crippen LogP contribution in [0, 0.1) is 0 Å². The Morgan fingerprint density at radius 1 is 1.52 bits per heavy atom. The number of anilines is 1. The fraction of sp³-hybridized carbons (Fsp3) is 0.357. The number of hydrogen-bond donors (Lipinski definition) is 2. The predicted octanol–water partition coefficient (Wildman–Crippen LogP) is 1.12. The van der Waals surface area contributed by atoms with Crippen LogP contribution in [0.3, 0.4) is 0 Å². The van der Waals surface area contributed by atoms with Crippen molar-refractivity contribution in [3.8, 4) is 5.75 Å². The van der Waals surface area contributed by atoms with E-state index in [2.05, 4.69) is 11.3 Å². The number of carbonyl (C=O) groups is 1. The van der Waals surface area contributed by atoms with Crippen LogP contribution in [0.25, 0.3) is 5.57 Å². The second-order valence-corrected chi connectivity index (χ2v) is 4.99. The lowest BCUT2D eigenvalue weighted by atomic mass is 9.87. The summed E-state index contributed by atoms with van der Waals surface area (Å²) in [6.07, 6.45) is 3.83. The average Bonchev–Trinajstić information content (AvgIpc) is 2.48. The molecule has 5 nitrogen and oxygen atoms in total. The van der Waals surface area contributed by atoms with Gasteiger partial charge in [-0.1, -0.05) is 12.1 Å². The van der Waals surface area contributed by atoms with Crippen LogP contribution in [0.1, 0.15) is 12.0 Å². The minimum Gasteiger partial charge on any atom is -0.495 e. The number of nitrogens with zero attached hydrogens (tertiary/aromatic N) is 1. The van der Waals surface area contributed by atoms with Crippen molar-refractivity contribution >= 4 is 31.9 Å². The molecule has 2 rings (SSSR count). The van der Waals surface area contributed by atoms with Crippen LogP contribution >= 0.6 is 0 Å². The van der Waals surface area contributed by atoms with Gasteiger partial charge in [-0.15, -0.1) is 0 Å². The second kappa shape index (κ2) is 7.33. The molecule has 0 fully saturated rings. The third kappa shape index (κ3) is 4.12. The van der Waals surface area contributed by atoms with Gasteiger partial charge in [0, 0.05) is 6.54 Å². The summed E-state index contributed by atoms with van der Waals surface area (Å²) >= 11 is 0. The van der Waals surface area contributed by atoms with Crippen LogP contribution in [0.4, 0.5) is 5.69 Å². The minimum absolute atomic E-state index is 0.633. The molecule has 0 unspecified atom stereocenters. The highest BCUT2D eigenvalue weighted by molar-refractivity contribution is 6.64. The quantitative estimate of drug-likeness (QED) is 0.605. The molecule has 0 bridgehead atoms. The zero-order valence-electron chi connectivity index (χ0n) is 12.4. The summed E-state index contributed by atoms with van der Waals surface area (Å²) in [6, 6.07) is 5.89. The zero-order chi connectivity index (χ0) is 15.2. The Kier molecular flexibility index (Phi) is 5.47. The second-order valence-electron chi connectivity index (χ2n) is 4.99. The maximum absolute atomic E-state index is 10.5. The van der Waals surface area contributed by atoms with Crippen molar-refractivity contribution in [2.45, 2.75) is 13.2 Å². The smallest absolute Gasteiger partial charge is 0.406 e. The molecule has 1 aliphatic rings. The average molecular weight is 285 g/mol. The summed E-state index contributed by atoms with van der Waals surface area (Å²) in [5.74, 6) is 0.705. The van der Waals surface area contributed by atoms with E-state index in [-0.39, 0.29) is 0 Å². The molecule has 2 N–H and O–H groups in total. The van der Waals surface area contributed by atoms with Gasteiger partial charge in [-0.25, -0.2) is 0 Å². The van der Waals surface area contributed by atoms with Gasteiger partial charge >= 0.3 is 7.05 Å². The van der Waals surface area contributed by atoms with Gasteiger partial charge in [0.05, 0.1) is 19.0 Å². The summed E-state index contributed by atoms with van der Waals surface area (Å²) in [7, 11) is 2.55. The predicted molar refractivity (Wildman–Crippen MR) is 87.1 cm³/mol. The van der Waals surface area contributed by atoms with E-state index in [4.69, 9.17) is 4.74 Å². The van der Waals surface area contributed by atoms with E-state index in [1.165, 1.54) is 5.57 Å². The molecule has 0 amide bonds. The molecular weight excluding hydrogens is 266 g/mol. The van der Waals surface area contributed by atoms with E-state index in [0.717, 1.165) is 36.9 Å². The maximum Gasteiger partial charge on any atom is 0.406 e. The van der Waals surface area contributed by atoms with Gasteiger partial charge in [0.15, 0.2) is 0 Å². The standard InChI is InChI=1S/C14H19B2N2O3/c1-16(20)17-13-4-3-12(9-14(13)21-2)11-5-7-18(8-6-11)15-10-19/h3-5,9-10,17,20H,6-8H2,1-2H3. The molecule has 0 atom stereocenters. The van der Waals surface area contributed by atoms with Crippen molar-refractivity contribution in [3.63, 3.8) is 0 Å². The summed E-state index contributed by atoms with van der Waals surface area (Å²) in [6.45, 7) is 3.24. The van der Waals surface area contributed by atoms with Crippen LogP contribution in [0.15, 0.2) is 24.3 Å². The summed E-state index contributed by atoms with van der Waals surface area (Å²) < 4.78 is 5.37. The molecule has 0 saturated heterocycles. The highest BCUT2D eigenvalue weighted by Crippen LogP contribution is 2.31. The number of ether oxygens (including phenoxy) is 1. The van der Waals surface area contributed by atoms with Gasteiger partial charge in [-0.05, 0) is 43.1 Å². The lowest BCUT2D eigenvalue weighted by molar-refractivity contribution is 0.416. The van der Waals surface area contributed by atoms with E-state index >= 15 is 0 Å². The summed E-state index contributed by atoms with van der Waals surface area (Å²) in [5.41, 5.74) is 3.12. The third-order valence-electron chi connectivity index (χ3n) is 3.45. The highest BCUT2D eigenvalue weighted by Gasteiger charge is 2.15. The molecule has 0 spiro atoms. The third-order valence-corrected chi connectivity index (χ3v) is 3.45. The lowest BCUT2D eigenvalue weighted by Gasteiger charge is -2.24. The van der Waals surface area contributed by atoms with E-state index in [9.17, 15) is 9.82 Å². The van der Waals surface area contributed by atoms with Crippen LogP contribution < -0.4 is 9.96 Å². The topological polar surface area (TPSA) is 61.8 Å². The first kappa shape index (κ1) is 15.7. The molecule has 0 saturated carbocycles. The Labute approximate surface area is 126 Å². The van der Waals surface area contributed by atoms with E-state index in [0.29, 0.717) is 5.75 Å². The summed E-state index contributed by atoms with van der Waals surface area (Å²) in [4.78, 5) is 12.5. The van der Waals surface area contributed by atoms with Crippen LogP contribution in [0.2, 0.25) is 6.82 Å². The van der Waals surface area contributed by atoms with Gasteiger partial charge < -0.3 is 24.6 Å². The molecule has 1 aromatic rings. The van der Waals surface area contributed by atoms with Gasteiger partial charge in [-0.3, -0.25) is 0 Å². The number of methoxy groups -OCH3 is 1. The largest absolute Gasteiger partial charge is 0.495 e. The van der Waals surface area contributed by atoms with Gasteiger partial charge in [0.2, 0.25) is 0 Å². The maximum atomic E-state index is 10.5. The Bertz CT molecular complexity index is 535. The Hall–Kier alpha value is -1.72. The molecule has 1 radical (unpaired) electrons. The molecule has 21 heavy (non-hydrogen) atoms. The number of nitrogens with one attached hydrogen (secondary N) is 1. The SMILES string of the molecule is COc1cc(C2=CCN([B]C=O)CC2)ccc1NB(C)O. The fourth-order valence-electron chi connectivity index (χ4n) is 2.40. The molecule has 1 aromatic carbocycles. The minimum atomic E-state index is -0.633. The van der Waals surface area contributed by atoms with Gasteiger partial charge in [-0.2, -0.15) is 0 Å². The van der Waals surface area contributed by atoms with Crippen molar-refractivity contribution < 1.29 is 14.6 Å². The number of carbonyl (C=O) groups excluding carboxylic acids is 1. The Morgan fingerprint density at radius 3 is 2.90 bits per heavy atom. The number of benzene rings is 1. The zero-order valence-corrected chi connectivity index (χ0v) is 12.4. The molecular formula is C14H19B2N2O3. The molecule has 1 aliphatic heterocycles. The van der Waals surface area contributed by atoms with Crippen LogP contribution in [-0.4, -0.2) is 50.7 Å². The Balaban J connectivity index is 2.16. The molecule has 0 aromatic heterocycles. The first-order chi connectivity index (χ1) is 10.1. The summed E-state index contributed by atoms with van der Waals surface area (Å²) in [5, 5.41) is 12.3. The normalized spacial score (nSPS) is 15.1. The first-order valence-corrected chi connectivity index (χ1v) is 6.98. The molecule has 109 valence electrons. The number of rotatable bonds is 6. The van der Waals surface area contributed by atoms with Crippen LogP contribution in [0.5, 0.6) is 5.75 Å². The van der Waals surface area contributed by atoms with E-state index < -0.39 is 7.05 Å². The van der Waals surface area contributed by atoms with E-state index in [1.807, 2.05) is 23.0 Å². The monoisotopic (exact) mass is 285 g/mol. The van der Waals surface area contributed by atoms with Crippen LogP contribution in [-0.2, 0) is 4.79 Å². The number of hydrogen-bond acceptors (Lipinski definition) is 5. The van der Waals surface area contributed by atoms with Crippen molar-refractivity contribution in [2.75, 3.05) is 25.4 Å². The van der Waals surface area contributed by atoms with Crippen molar-refractivity contribution in [3.05, 3.63) is 29.8 Å². The van der Waals surface area contributed by atoms with Crippen molar-refractivity contribution in [1.82, 2.24) is 4.81 Å². The van der Waals surface area contributed by atoms with Gasteiger partial charge in [0.25, 0.3) is 7.41 Å².